The van der Waals surface area contributed by atoms with E-state index in [1.54, 1.807) is 0 Å². The van der Waals surface area contributed by atoms with Gasteiger partial charge >= 0.3 is 0 Å². The first-order valence-corrected chi connectivity index (χ1v) is 8.28. The molecule has 1 fully saturated rings. The monoisotopic (exact) mass is 295 g/mol. The van der Waals surface area contributed by atoms with Crippen molar-refractivity contribution in [1.29, 1.82) is 0 Å². The molecule has 0 aromatic rings. The summed E-state index contributed by atoms with van der Waals surface area (Å²) in [4.78, 5) is 0. The van der Waals surface area contributed by atoms with Gasteiger partial charge in [0.2, 0.25) is 0 Å². The highest BCUT2D eigenvalue weighted by Gasteiger charge is 2.24. The minimum Gasteiger partial charge on any atom is -0.381 e. The van der Waals surface area contributed by atoms with Gasteiger partial charge in [0.1, 0.15) is 0 Å². The number of ether oxygens (including phenoxy) is 1. The Morgan fingerprint density at radius 3 is 2.39 bits per heavy atom. The molecule has 2 nitrogen and oxygen atoms in total. The average molecular weight is 296 g/mol. The van der Waals surface area contributed by atoms with E-state index in [0.717, 1.165) is 32.1 Å². The van der Waals surface area contributed by atoms with Crippen LogP contribution in [0, 0.1) is 5.92 Å². The molecule has 1 aliphatic rings. The summed E-state index contributed by atoms with van der Waals surface area (Å²) in [6.07, 6.45) is 7.33. The summed E-state index contributed by atoms with van der Waals surface area (Å²) in [5.74, 6) is 2.07. The van der Waals surface area contributed by atoms with Crippen LogP contribution < -0.4 is 5.32 Å². The van der Waals surface area contributed by atoms with Crippen LogP contribution in [0.5, 0.6) is 0 Å². The van der Waals surface area contributed by atoms with Crippen LogP contribution in [-0.2, 0) is 4.74 Å². The standard InChI is InChI=1S/C14H27Cl2NO/c1-2-14(11-15,12-16)17-8-4-3-5-13-6-9-18-10-7-13/h13,17H,2-12H2,1H3. The van der Waals surface area contributed by atoms with E-state index < -0.39 is 0 Å². The second-order valence-electron chi connectivity index (χ2n) is 5.38. The van der Waals surface area contributed by atoms with Crippen LogP contribution in [0.1, 0.15) is 45.4 Å². The number of alkyl halides is 2. The van der Waals surface area contributed by atoms with Gasteiger partial charge in [-0.15, -0.1) is 23.2 Å². The van der Waals surface area contributed by atoms with Crippen LogP contribution in [0.2, 0.25) is 0 Å². The van der Waals surface area contributed by atoms with Gasteiger partial charge in [0.25, 0.3) is 0 Å². The second-order valence-corrected chi connectivity index (χ2v) is 5.91. The molecule has 0 amide bonds. The summed E-state index contributed by atoms with van der Waals surface area (Å²) in [7, 11) is 0. The molecular formula is C14H27Cl2NO. The molecule has 0 aromatic heterocycles. The van der Waals surface area contributed by atoms with Crippen LogP contribution in [0.4, 0.5) is 0 Å². The van der Waals surface area contributed by atoms with Crippen molar-refractivity contribution in [2.75, 3.05) is 31.5 Å². The zero-order valence-electron chi connectivity index (χ0n) is 11.5. The van der Waals surface area contributed by atoms with E-state index in [1.165, 1.54) is 32.1 Å². The molecule has 0 spiro atoms. The lowest BCUT2D eigenvalue weighted by atomic mass is 9.94. The molecule has 18 heavy (non-hydrogen) atoms. The Bertz CT molecular complexity index is 196. The summed E-state index contributed by atoms with van der Waals surface area (Å²) in [5.41, 5.74) is -0.0677. The van der Waals surface area contributed by atoms with Crippen molar-refractivity contribution in [2.24, 2.45) is 5.92 Å². The third-order valence-electron chi connectivity index (χ3n) is 4.07. The molecule has 0 aliphatic carbocycles. The Morgan fingerprint density at radius 1 is 1.17 bits per heavy atom. The SMILES string of the molecule is CCC(CCl)(CCl)NCCCCC1CCOCC1. The Kier molecular flexibility index (Phi) is 8.66. The normalized spacial score (nSPS) is 18.2. The van der Waals surface area contributed by atoms with E-state index in [-0.39, 0.29) is 5.54 Å². The Hall–Kier alpha value is 0.500. The molecule has 0 saturated carbocycles. The van der Waals surface area contributed by atoms with Gasteiger partial charge in [0.05, 0.1) is 0 Å². The van der Waals surface area contributed by atoms with E-state index in [4.69, 9.17) is 27.9 Å². The third-order valence-corrected chi connectivity index (χ3v) is 5.09. The van der Waals surface area contributed by atoms with E-state index in [0.29, 0.717) is 11.8 Å². The van der Waals surface area contributed by atoms with Gasteiger partial charge in [-0.05, 0) is 38.1 Å². The average Bonchev–Trinajstić information content (AvgIpc) is 2.45. The molecule has 0 bridgehead atoms. The third kappa shape index (κ3) is 5.64. The van der Waals surface area contributed by atoms with Crippen molar-refractivity contribution in [3.63, 3.8) is 0 Å². The first kappa shape index (κ1) is 16.6. The van der Waals surface area contributed by atoms with Crippen molar-refractivity contribution < 1.29 is 4.74 Å². The maximum absolute atomic E-state index is 6.00. The van der Waals surface area contributed by atoms with Gasteiger partial charge in [-0.1, -0.05) is 19.8 Å². The number of unbranched alkanes of at least 4 members (excludes halogenated alkanes) is 1. The number of hydrogen-bond donors (Lipinski definition) is 1. The smallest absolute Gasteiger partial charge is 0.0468 e. The lowest BCUT2D eigenvalue weighted by molar-refractivity contribution is 0.0631. The van der Waals surface area contributed by atoms with Gasteiger partial charge in [-0.2, -0.15) is 0 Å². The van der Waals surface area contributed by atoms with Gasteiger partial charge in [-0.3, -0.25) is 0 Å². The van der Waals surface area contributed by atoms with Gasteiger partial charge in [0.15, 0.2) is 0 Å². The number of halogens is 2. The summed E-state index contributed by atoms with van der Waals surface area (Å²) in [5, 5.41) is 3.53. The summed E-state index contributed by atoms with van der Waals surface area (Å²) < 4.78 is 5.37. The van der Waals surface area contributed by atoms with Gasteiger partial charge in [-0.25, -0.2) is 0 Å². The Labute approximate surface area is 122 Å². The predicted octanol–water partition coefficient (Wildman–Crippen LogP) is 3.80. The first-order valence-electron chi connectivity index (χ1n) is 7.21. The minimum atomic E-state index is -0.0677. The highest BCUT2D eigenvalue weighted by molar-refractivity contribution is 6.22. The molecule has 108 valence electrons. The lowest BCUT2D eigenvalue weighted by Crippen LogP contribution is -2.48. The molecule has 4 heteroatoms. The molecule has 0 atom stereocenters. The maximum Gasteiger partial charge on any atom is 0.0468 e. The second kappa shape index (κ2) is 9.41. The first-order chi connectivity index (χ1) is 8.76. The Morgan fingerprint density at radius 2 is 1.83 bits per heavy atom. The van der Waals surface area contributed by atoms with Crippen LogP contribution >= 0.6 is 23.2 Å². The largest absolute Gasteiger partial charge is 0.381 e. The summed E-state index contributed by atoms with van der Waals surface area (Å²) in [6, 6.07) is 0. The molecule has 0 radical (unpaired) electrons. The summed E-state index contributed by atoms with van der Waals surface area (Å²) in [6.45, 7) is 5.08. The zero-order valence-corrected chi connectivity index (χ0v) is 13.0. The van der Waals surface area contributed by atoms with Crippen molar-refractivity contribution >= 4 is 23.2 Å². The minimum absolute atomic E-state index is 0.0677. The van der Waals surface area contributed by atoms with Crippen molar-refractivity contribution in [3.05, 3.63) is 0 Å². The Balaban J connectivity index is 2.06. The molecule has 1 rings (SSSR count). The molecule has 0 aromatic carbocycles. The van der Waals surface area contributed by atoms with E-state index in [2.05, 4.69) is 12.2 Å². The topological polar surface area (TPSA) is 21.3 Å². The molecule has 1 heterocycles. The molecular weight excluding hydrogens is 269 g/mol. The summed E-state index contributed by atoms with van der Waals surface area (Å²) >= 11 is 12.0. The van der Waals surface area contributed by atoms with Crippen LogP contribution in [0.15, 0.2) is 0 Å². The molecule has 1 aliphatic heterocycles. The van der Waals surface area contributed by atoms with E-state index >= 15 is 0 Å². The fraction of sp³-hybridized carbons (Fsp3) is 1.00. The molecule has 0 unspecified atom stereocenters. The quantitative estimate of drug-likeness (QED) is 0.516. The zero-order chi connectivity index (χ0) is 13.3. The maximum atomic E-state index is 6.00. The van der Waals surface area contributed by atoms with Gasteiger partial charge < -0.3 is 10.1 Å². The highest BCUT2D eigenvalue weighted by Crippen LogP contribution is 2.21. The molecule has 1 saturated heterocycles. The van der Waals surface area contributed by atoms with Crippen molar-refractivity contribution in [3.8, 4) is 0 Å². The number of rotatable bonds is 9. The van der Waals surface area contributed by atoms with Crippen molar-refractivity contribution in [1.82, 2.24) is 5.32 Å². The van der Waals surface area contributed by atoms with Gasteiger partial charge in [0, 0.05) is 30.5 Å². The van der Waals surface area contributed by atoms with Crippen LogP contribution in [0.25, 0.3) is 0 Å². The predicted molar refractivity (Wildman–Crippen MR) is 79.9 cm³/mol. The fourth-order valence-corrected chi connectivity index (χ4v) is 3.24. The van der Waals surface area contributed by atoms with Crippen molar-refractivity contribution in [2.45, 2.75) is 51.0 Å². The lowest BCUT2D eigenvalue weighted by Gasteiger charge is -2.30. The van der Waals surface area contributed by atoms with Crippen LogP contribution in [-0.4, -0.2) is 37.1 Å². The van der Waals surface area contributed by atoms with E-state index in [1.807, 2.05) is 0 Å². The number of hydrogen-bond acceptors (Lipinski definition) is 2. The van der Waals surface area contributed by atoms with Crippen LogP contribution in [0.3, 0.4) is 0 Å². The number of nitrogens with one attached hydrogen (secondary N) is 1. The fourth-order valence-electron chi connectivity index (χ4n) is 2.39. The highest BCUT2D eigenvalue weighted by atomic mass is 35.5. The molecule has 1 N–H and O–H groups in total. The van der Waals surface area contributed by atoms with E-state index in [9.17, 15) is 0 Å².